The molecule has 0 spiro atoms. The zero-order valence-corrected chi connectivity index (χ0v) is 15.1. The zero-order chi connectivity index (χ0) is 19.2. The molecule has 0 bridgehead atoms. The fraction of sp³-hybridized carbons (Fsp3) is 0.368. The van der Waals surface area contributed by atoms with Gasteiger partial charge in [-0.05, 0) is 30.7 Å². The first-order chi connectivity index (χ1) is 13.1. The van der Waals surface area contributed by atoms with E-state index in [9.17, 15) is 13.6 Å². The van der Waals surface area contributed by atoms with Crippen LogP contribution in [0.2, 0.25) is 0 Å². The van der Waals surface area contributed by atoms with Crippen molar-refractivity contribution in [3.63, 3.8) is 0 Å². The summed E-state index contributed by atoms with van der Waals surface area (Å²) in [7, 11) is 1.66. The average Bonchev–Trinajstić information content (AvgIpc) is 3.22. The van der Waals surface area contributed by atoms with E-state index in [-0.39, 0.29) is 17.9 Å². The number of furan rings is 1. The minimum absolute atomic E-state index is 0.0642. The smallest absolute Gasteiger partial charge is 0.289 e. The van der Waals surface area contributed by atoms with Gasteiger partial charge in [-0.3, -0.25) is 9.79 Å². The van der Waals surface area contributed by atoms with Crippen LogP contribution >= 0.6 is 0 Å². The third-order valence-corrected chi connectivity index (χ3v) is 4.53. The second-order valence-corrected chi connectivity index (χ2v) is 6.18. The van der Waals surface area contributed by atoms with E-state index in [1.165, 1.54) is 24.5 Å². The Labute approximate surface area is 156 Å². The third kappa shape index (κ3) is 4.45. The third-order valence-electron chi connectivity index (χ3n) is 4.53. The van der Waals surface area contributed by atoms with Gasteiger partial charge in [-0.2, -0.15) is 0 Å². The van der Waals surface area contributed by atoms with E-state index in [0.29, 0.717) is 44.4 Å². The summed E-state index contributed by atoms with van der Waals surface area (Å²) >= 11 is 0. The maximum atomic E-state index is 13.7. The van der Waals surface area contributed by atoms with E-state index in [2.05, 4.69) is 10.3 Å². The monoisotopic (exact) mass is 376 g/mol. The van der Waals surface area contributed by atoms with Gasteiger partial charge in [-0.15, -0.1) is 0 Å². The van der Waals surface area contributed by atoms with Crippen molar-refractivity contribution in [2.24, 2.45) is 4.99 Å². The standard InChI is InChI=1S/C19H22F2N4O2/c1-22-19(23-8-7-14-15(20)4-2-5-16(14)21)25-11-9-24(10-12-25)18(26)17-6-3-13-27-17/h2-6,13H,7-12H2,1H3,(H,22,23). The van der Waals surface area contributed by atoms with E-state index in [4.69, 9.17) is 4.42 Å². The number of nitrogens with one attached hydrogen (secondary N) is 1. The van der Waals surface area contributed by atoms with Crippen molar-refractivity contribution in [3.8, 4) is 0 Å². The summed E-state index contributed by atoms with van der Waals surface area (Å²) in [6, 6.07) is 7.19. The SMILES string of the molecule is CN=C(NCCc1c(F)cccc1F)N1CCN(C(=O)c2ccco2)CC1. The van der Waals surface area contributed by atoms with Crippen molar-refractivity contribution in [1.82, 2.24) is 15.1 Å². The molecule has 1 aliphatic heterocycles. The molecule has 1 aromatic carbocycles. The summed E-state index contributed by atoms with van der Waals surface area (Å²) < 4.78 is 32.5. The van der Waals surface area contributed by atoms with Crippen LogP contribution in [0.4, 0.5) is 8.78 Å². The molecule has 27 heavy (non-hydrogen) atoms. The summed E-state index contributed by atoms with van der Waals surface area (Å²) in [5.74, 6) is -0.235. The number of piperazine rings is 1. The molecule has 0 saturated carbocycles. The summed E-state index contributed by atoms with van der Waals surface area (Å²) in [5.41, 5.74) is 0.0642. The molecular formula is C19H22F2N4O2. The van der Waals surface area contributed by atoms with E-state index in [1.54, 1.807) is 24.1 Å². The number of hydrogen-bond donors (Lipinski definition) is 1. The lowest BCUT2D eigenvalue weighted by Gasteiger charge is -2.36. The number of rotatable bonds is 4. The second kappa shape index (κ2) is 8.66. The van der Waals surface area contributed by atoms with Gasteiger partial charge in [0.2, 0.25) is 0 Å². The summed E-state index contributed by atoms with van der Waals surface area (Å²) in [5, 5.41) is 3.13. The second-order valence-electron chi connectivity index (χ2n) is 6.18. The number of halogens is 2. The van der Waals surface area contributed by atoms with Crippen molar-refractivity contribution in [2.45, 2.75) is 6.42 Å². The Morgan fingerprint density at radius 2 is 1.78 bits per heavy atom. The van der Waals surface area contributed by atoms with Crippen LogP contribution in [0.25, 0.3) is 0 Å². The van der Waals surface area contributed by atoms with Gasteiger partial charge in [0.15, 0.2) is 11.7 Å². The first kappa shape index (κ1) is 18.9. The molecule has 1 aromatic heterocycles. The molecule has 3 rings (SSSR count). The molecule has 1 N–H and O–H groups in total. The summed E-state index contributed by atoms with van der Waals surface area (Å²) in [6.45, 7) is 2.67. The van der Waals surface area contributed by atoms with Crippen molar-refractivity contribution in [2.75, 3.05) is 39.8 Å². The minimum atomic E-state index is -0.545. The Morgan fingerprint density at radius 1 is 1.11 bits per heavy atom. The first-order valence-electron chi connectivity index (χ1n) is 8.81. The molecular weight excluding hydrogens is 354 g/mol. The van der Waals surface area contributed by atoms with Crippen LogP contribution in [0.3, 0.4) is 0 Å². The van der Waals surface area contributed by atoms with Crippen LogP contribution in [0.5, 0.6) is 0 Å². The Morgan fingerprint density at radius 3 is 2.37 bits per heavy atom. The predicted molar refractivity (Wildman–Crippen MR) is 97.6 cm³/mol. The lowest BCUT2D eigenvalue weighted by Crippen LogP contribution is -2.54. The van der Waals surface area contributed by atoms with Gasteiger partial charge < -0.3 is 19.5 Å². The fourth-order valence-electron chi connectivity index (χ4n) is 3.08. The van der Waals surface area contributed by atoms with Gasteiger partial charge in [0.05, 0.1) is 6.26 Å². The fourth-order valence-corrected chi connectivity index (χ4v) is 3.08. The number of nitrogens with zero attached hydrogens (tertiary/aromatic N) is 3. The Kier molecular flexibility index (Phi) is 6.05. The molecule has 144 valence electrons. The van der Waals surface area contributed by atoms with Gasteiger partial charge in [0.1, 0.15) is 11.6 Å². The van der Waals surface area contributed by atoms with Crippen LogP contribution in [0, 0.1) is 11.6 Å². The number of aliphatic imine (C=N–C) groups is 1. The van der Waals surface area contributed by atoms with Gasteiger partial charge >= 0.3 is 0 Å². The maximum absolute atomic E-state index is 13.7. The highest BCUT2D eigenvalue weighted by Crippen LogP contribution is 2.13. The quantitative estimate of drug-likeness (QED) is 0.656. The number of guanidine groups is 1. The number of hydrogen-bond acceptors (Lipinski definition) is 3. The van der Waals surface area contributed by atoms with Crippen molar-refractivity contribution in [3.05, 3.63) is 59.6 Å². The number of carbonyl (C=O) groups excluding carboxylic acids is 1. The molecule has 1 amide bonds. The molecule has 6 nitrogen and oxygen atoms in total. The highest BCUT2D eigenvalue weighted by Gasteiger charge is 2.25. The molecule has 8 heteroatoms. The van der Waals surface area contributed by atoms with E-state index in [0.717, 1.165) is 0 Å². The van der Waals surface area contributed by atoms with E-state index < -0.39 is 11.6 Å². The van der Waals surface area contributed by atoms with Gasteiger partial charge in [-0.25, -0.2) is 8.78 Å². The summed E-state index contributed by atoms with van der Waals surface area (Å²) in [4.78, 5) is 20.3. The van der Waals surface area contributed by atoms with Crippen molar-refractivity contribution in [1.29, 1.82) is 0 Å². The predicted octanol–water partition coefficient (Wildman–Crippen LogP) is 2.13. The highest BCUT2D eigenvalue weighted by atomic mass is 19.1. The molecule has 1 aliphatic rings. The Balaban J connectivity index is 1.50. The lowest BCUT2D eigenvalue weighted by atomic mass is 10.1. The van der Waals surface area contributed by atoms with Crippen LogP contribution in [0.1, 0.15) is 16.1 Å². The van der Waals surface area contributed by atoms with Crippen LogP contribution in [0.15, 0.2) is 46.0 Å². The van der Waals surface area contributed by atoms with Crippen LogP contribution < -0.4 is 5.32 Å². The topological polar surface area (TPSA) is 61.1 Å². The number of benzene rings is 1. The van der Waals surface area contributed by atoms with Crippen LogP contribution in [-0.2, 0) is 6.42 Å². The van der Waals surface area contributed by atoms with Gasteiger partial charge in [0.25, 0.3) is 5.91 Å². The van der Waals surface area contributed by atoms with Crippen molar-refractivity contribution >= 4 is 11.9 Å². The van der Waals surface area contributed by atoms with Crippen molar-refractivity contribution < 1.29 is 18.0 Å². The van der Waals surface area contributed by atoms with E-state index in [1.807, 2.05) is 4.90 Å². The molecule has 0 aliphatic carbocycles. The first-order valence-corrected chi connectivity index (χ1v) is 8.81. The zero-order valence-electron chi connectivity index (χ0n) is 15.1. The molecule has 0 unspecified atom stereocenters. The minimum Gasteiger partial charge on any atom is -0.459 e. The van der Waals surface area contributed by atoms with Crippen LogP contribution in [-0.4, -0.2) is 61.4 Å². The molecule has 2 heterocycles. The Hall–Kier alpha value is -2.90. The van der Waals surface area contributed by atoms with Gasteiger partial charge in [-0.1, -0.05) is 6.07 Å². The maximum Gasteiger partial charge on any atom is 0.289 e. The molecule has 2 aromatic rings. The number of amides is 1. The molecule has 0 radical (unpaired) electrons. The number of carbonyl (C=O) groups is 1. The molecule has 1 saturated heterocycles. The average molecular weight is 376 g/mol. The van der Waals surface area contributed by atoms with Gasteiger partial charge in [0, 0.05) is 45.3 Å². The van der Waals surface area contributed by atoms with E-state index >= 15 is 0 Å². The largest absolute Gasteiger partial charge is 0.459 e. The summed E-state index contributed by atoms with van der Waals surface area (Å²) in [6.07, 6.45) is 1.70. The Bertz CT molecular complexity index is 780. The molecule has 1 fully saturated rings. The lowest BCUT2D eigenvalue weighted by molar-refractivity contribution is 0.0658. The molecule has 0 atom stereocenters. The highest BCUT2D eigenvalue weighted by molar-refractivity contribution is 5.91. The normalized spacial score (nSPS) is 15.1.